The van der Waals surface area contributed by atoms with Crippen molar-refractivity contribution in [3.8, 4) is 0 Å². The average Bonchev–Trinajstić information content (AvgIpc) is 3.21. The normalized spacial score (nSPS) is 12.2. The molecular formula is C15H12N4O5S2. The fourth-order valence-electron chi connectivity index (χ4n) is 2.52. The van der Waals surface area contributed by atoms with Crippen LogP contribution in [-0.2, 0) is 16.6 Å². The molecule has 0 spiro atoms. The average molecular weight is 392 g/mol. The van der Waals surface area contributed by atoms with E-state index in [0.717, 1.165) is 0 Å². The van der Waals surface area contributed by atoms with Gasteiger partial charge >= 0.3 is 5.76 Å². The van der Waals surface area contributed by atoms with Crippen LogP contribution in [0.15, 0.2) is 54.9 Å². The summed E-state index contributed by atoms with van der Waals surface area (Å²) in [4.78, 5) is 30.0. The molecule has 0 aliphatic carbocycles. The zero-order valence-corrected chi connectivity index (χ0v) is 14.8. The van der Waals surface area contributed by atoms with Gasteiger partial charge in [-0.05, 0) is 29.6 Å². The van der Waals surface area contributed by atoms with Crippen molar-refractivity contribution in [2.24, 2.45) is 0 Å². The van der Waals surface area contributed by atoms with Gasteiger partial charge in [0, 0.05) is 13.1 Å². The van der Waals surface area contributed by atoms with Gasteiger partial charge in [-0.15, -0.1) is 11.3 Å². The predicted molar refractivity (Wildman–Crippen MR) is 95.9 cm³/mol. The number of oxazole rings is 1. The maximum atomic E-state index is 12.4. The second-order valence-electron chi connectivity index (χ2n) is 5.45. The first-order valence-electron chi connectivity index (χ1n) is 7.49. The Kier molecular flexibility index (Phi) is 3.98. The summed E-state index contributed by atoms with van der Waals surface area (Å²) >= 11 is 1.29. The van der Waals surface area contributed by atoms with Gasteiger partial charge in [0.25, 0.3) is 5.56 Å². The third-order valence-electron chi connectivity index (χ3n) is 3.78. The monoisotopic (exact) mass is 392 g/mol. The van der Waals surface area contributed by atoms with Crippen molar-refractivity contribution < 1.29 is 12.8 Å². The molecule has 0 saturated carbocycles. The number of hydrogen-bond donors (Lipinski definition) is 2. The zero-order valence-electron chi connectivity index (χ0n) is 13.1. The van der Waals surface area contributed by atoms with E-state index in [1.54, 1.807) is 11.4 Å². The van der Waals surface area contributed by atoms with E-state index in [1.165, 1.54) is 40.4 Å². The first-order chi connectivity index (χ1) is 12.4. The molecule has 0 fully saturated rings. The van der Waals surface area contributed by atoms with Crippen LogP contribution in [-0.4, -0.2) is 29.5 Å². The molecule has 4 aromatic rings. The summed E-state index contributed by atoms with van der Waals surface area (Å²) in [5, 5.41) is 1.78. The van der Waals surface area contributed by atoms with Gasteiger partial charge in [-0.3, -0.25) is 14.3 Å². The molecule has 0 aliphatic rings. The third-order valence-corrected chi connectivity index (χ3v) is 6.13. The summed E-state index contributed by atoms with van der Waals surface area (Å²) in [6.45, 7) is 0.157. The maximum absolute atomic E-state index is 12.4. The fourth-order valence-corrected chi connectivity index (χ4v) is 4.36. The molecule has 0 bridgehead atoms. The predicted octanol–water partition coefficient (Wildman–Crippen LogP) is 0.871. The van der Waals surface area contributed by atoms with Crippen LogP contribution < -0.4 is 16.0 Å². The maximum Gasteiger partial charge on any atom is 0.417 e. The van der Waals surface area contributed by atoms with E-state index in [-0.39, 0.29) is 29.1 Å². The molecule has 0 aliphatic heterocycles. The Labute approximate surface area is 150 Å². The molecule has 2 N–H and O–H groups in total. The SMILES string of the molecule is O=c1[nH]c2cc(S(=O)(=O)NCCn3cnc4ccsc4c3=O)ccc2o1. The van der Waals surface area contributed by atoms with Crippen LogP contribution >= 0.6 is 11.3 Å². The molecule has 26 heavy (non-hydrogen) atoms. The van der Waals surface area contributed by atoms with Crippen molar-refractivity contribution in [2.75, 3.05) is 6.54 Å². The molecule has 9 nitrogen and oxygen atoms in total. The Morgan fingerprint density at radius 1 is 1.27 bits per heavy atom. The lowest BCUT2D eigenvalue weighted by Crippen LogP contribution is -2.30. The topological polar surface area (TPSA) is 127 Å². The van der Waals surface area contributed by atoms with Crippen LogP contribution in [0, 0.1) is 0 Å². The van der Waals surface area contributed by atoms with Gasteiger partial charge in [0.15, 0.2) is 5.58 Å². The summed E-state index contributed by atoms with van der Waals surface area (Å²) in [5.41, 5.74) is 0.984. The van der Waals surface area contributed by atoms with Crippen molar-refractivity contribution in [3.63, 3.8) is 0 Å². The minimum atomic E-state index is -3.80. The Bertz CT molecular complexity index is 1330. The molecule has 4 rings (SSSR count). The summed E-state index contributed by atoms with van der Waals surface area (Å²) in [7, 11) is -3.80. The Morgan fingerprint density at radius 2 is 2.12 bits per heavy atom. The lowest BCUT2D eigenvalue weighted by Gasteiger charge is -2.08. The second kappa shape index (κ2) is 6.20. The number of H-pyrrole nitrogens is 1. The molecule has 0 amide bonds. The van der Waals surface area contributed by atoms with Crippen molar-refractivity contribution in [1.29, 1.82) is 0 Å². The highest BCUT2D eigenvalue weighted by Crippen LogP contribution is 2.16. The number of benzene rings is 1. The molecule has 3 heterocycles. The number of thiophene rings is 1. The summed E-state index contributed by atoms with van der Waals surface area (Å²) in [5.74, 6) is -0.654. The van der Waals surface area contributed by atoms with E-state index in [4.69, 9.17) is 4.42 Å². The highest BCUT2D eigenvalue weighted by molar-refractivity contribution is 7.89. The second-order valence-corrected chi connectivity index (χ2v) is 8.13. The van der Waals surface area contributed by atoms with Crippen LogP contribution in [0.2, 0.25) is 0 Å². The van der Waals surface area contributed by atoms with Gasteiger partial charge in [-0.1, -0.05) is 0 Å². The summed E-state index contributed by atoms with van der Waals surface area (Å²) < 4.78 is 34.0. The van der Waals surface area contributed by atoms with Crippen molar-refractivity contribution in [1.82, 2.24) is 19.3 Å². The summed E-state index contributed by atoms with van der Waals surface area (Å²) in [6.07, 6.45) is 1.40. The number of nitrogens with zero attached hydrogens (tertiary/aromatic N) is 2. The fraction of sp³-hybridized carbons (Fsp3) is 0.133. The molecule has 1 aromatic carbocycles. The van der Waals surface area contributed by atoms with E-state index >= 15 is 0 Å². The van der Waals surface area contributed by atoms with Crippen LogP contribution in [0.4, 0.5) is 0 Å². The Morgan fingerprint density at radius 3 is 2.96 bits per heavy atom. The van der Waals surface area contributed by atoms with Gasteiger partial charge in [0.2, 0.25) is 10.0 Å². The number of fused-ring (bicyclic) bond motifs is 2. The zero-order chi connectivity index (χ0) is 18.3. The van der Waals surface area contributed by atoms with E-state index in [1.807, 2.05) is 0 Å². The minimum absolute atomic E-state index is 0.0127. The molecule has 0 saturated heterocycles. The van der Waals surface area contributed by atoms with Crippen LogP contribution in [0.3, 0.4) is 0 Å². The lowest BCUT2D eigenvalue weighted by molar-refractivity contribution is 0.555. The van der Waals surface area contributed by atoms with Crippen LogP contribution in [0.5, 0.6) is 0 Å². The largest absolute Gasteiger partial charge is 0.417 e. The molecule has 3 aromatic heterocycles. The first-order valence-corrected chi connectivity index (χ1v) is 9.85. The number of aromatic amines is 1. The van der Waals surface area contributed by atoms with Gasteiger partial charge in [0.1, 0.15) is 4.70 Å². The third kappa shape index (κ3) is 2.96. The van der Waals surface area contributed by atoms with Crippen molar-refractivity contribution >= 4 is 42.7 Å². The quantitative estimate of drug-likeness (QED) is 0.519. The van der Waals surface area contributed by atoms with Crippen LogP contribution in [0.25, 0.3) is 21.3 Å². The van der Waals surface area contributed by atoms with E-state index in [2.05, 4.69) is 14.7 Å². The van der Waals surface area contributed by atoms with E-state index < -0.39 is 15.8 Å². The molecule has 134 valence electrons. The molecule has 11 heteroatoms. The Balaban J connectivity index is 1.52. The molecule has 0 atom stereocenters. The standard InChI is InChI=1S/C15H12N4O5S2/c20-14-13-10(3-6-25-13)16-8-19(14)5-4-17-26(22,23)9-1-2-12-11(7-9)18-15(21)24-12/h1-3,6-8,17H,4-5H2,(H,18,21). The smallest absolute Gasteiger partial charge is 0.408 e. The Hall–Kier alpha value is -2.76. The van der Waals surface area contributed by atoms with Gasteiger partial charge in [-0.2, -0.15) is 0 Å². The highest BCUT2D eigenvalue weighted by atomic mass is 32.2. The van der Waals surface area contributed by atoms with Crippen molar-refractivity contribution in [2.45, 2.75) is 11.4 Å². The molecule has 0 unspecified atom stereocenters. The van der Waals surface area contributed by atoms with Gasteiger partial charge in [0.05, 0.1) is 22.3 Å². The van der Waals surface area contributed by atoms with Gasteiger partial charge < -0.3 is 4.42 Å². The lowest BCUT2D eigenvalue weighted by atomic mass is 10.3. The van der Waals surface area contributed by atoms with Crippen LogP contribution in [0.1, 0.15) is 0 Å². The molecular weight excluding hydrogens is 380 g/mol. The van der Waals surface area contributed by atoms with Crippen molar-refractivity contribution in [3.05, 3.63) is 56.9 Å². The van der Waals surface area contributed by atoms with E-state index in [9.17, 15) is 18.0 Å². The number of sulfonamides is 1. The number of nitrogens with one attached hydrogen (secondary N) is 2. The number of rotatable bonds is 5. The minimum Gasteiger partial charge on any atom is -0.408 e. The first kappa shape index (κ1) is 16.7. The molecule has 0 radical (unpaired) electrons. The van der Waals surface area contributed by atoms with E-state index in [0.29, 0.717) is 15.7 Å². The summed E-state index contributed by atoms with van der Waals surface area (Å²) in [6, 6.07) is 5.81. The van der Waals surface area contributed by atoms with Gasteiger partial charge in [-0.25, -0.2) is 22.9 Å². The number of hydrogen-bond acceptors (Lipinski definition) is 7. The number of aromatic nitrogens is 3. The highest BCUT2D eigenvalue weighted by Gasteiger charge is 2.15.